The van der Waals surface area contributed by atoms with E-state index in [0.717, 1.165) is 17.5 Å². The zero-order valence-corrected chi connectivity index (χ0v) is 15.1. The summed E-state index contributed by atoms with van der Waals surface area (Å²) in [6, 6.07) is 13.5. The van der Waals surface area contributed by atoms with Crippen LogP contribution in [0.2, 0.25) is 5.02 Å². The Bertz CT molecular complexity index is 759. The molecule has 0 bridgehead atoms. The van der Waals surface area contributed by atoms with Crippen LogP contribution < -0.4 is 9.47 Å². The topological polar surface area (TPSA) is 44.8 Å². The Labute approximate surface area is 152 Å². The van der Waals surface area contributed by atoms with Crippen LogP contribution >= 0.6 is 11.6 Å². The van der Waals surface area contributed by atoms with Gasteiger partial charge in [0.2, 0.25) is 0 Å². The molecule has 1 saturated heterocycles. The van der Waals surface area contributed by atoms with Gasteiger partial charge in [-0.15, -0.1) is 0 Å². The number of benzene rings is 2. The fourth-order valence-electron chi connectivity index (χ4n) is 3.27. The predicted octanol–water partition coefficient (Wildman–Crippen LogP) is 3.93. The molecule has 1 aliphatic heterocycles. The average Bonchev–Trinajstić information content (AvgIpc) is 2.96. The minimum absolute atomic E-state index is 0.113. The fourth-order valence-corrected chi connectivity index (χ4v) is 3.48. The number of cyclic esters (lactones) is 1. The summed E-state index contributed by atoms with van der Waals surface area (Å²) in [5, 5.41) is 0.687. The number of ether oxygens (including phenoxy) is 3. The van der Waals surface area contributed by atoms with E-state index in [4.69, 9.17) is 25.8 Å². The van der Waals surface area contributed by atoms with Crippen molar-refractivity contribution >= 4 is 17.6 Å². The predicted molar refractivity (Wildman–Crippen MR) is 96.3 cm³/mol. The van der Waals surface area contributed by atoms with Crippen molar-refractivity contribution in [3.8, 4) is 11.5 Å². The Morgan fingerprint density at radius 1 is 1.08 bits per heavy atom. The van der Waals surface area contributed by atoms with Gasteiger partial charge in [-0.3, -0.25) is 4.79 Å². The Morgan fingerprint density at radius 3 is 2.56 bits per heavy atom. The maximum atomic E-state index is 12.2. The van der Waals surface area contributed by atoms with Gasteiger partial charge in [0.15, 0.2) is 11.5 Å². The standard InChI is InChI=1S/C20H21ClO4/c1-23-18-8-7-13(10-19(18)24-2)9-15-12-25-20(22)16(15)11-14-5-3-4-6-17(14)21/h3-8,10,15-16H,9,11-12H2,1-2H3/t15-,16+/m0/s1. The van der Waals surface area contributed by atoms with E-state index < -0.39 is 0 Å². The fraction of sp³-hybridized carbons (Fsp3) is 0.350. The first-order valence-electron chi connectivity index (χ1n) is 8.23. The molecule has 1 heterocycles. The zero-order valence-electron chi connectivity index (χ0n) is 14.3. The highest BCUT2D eigenvalue weighted by atomic mass is 35.5. The molecule has 0 unspecified atom stereocenters. The Morgan fingerprint density at radius 2 is 1.84 bits per heavy atom. The maximum absolute atomic E-state index is 12.2. The lowest BCUT2D eigenvalue weighted by Gasteiger charge is -2.17. The number of carbonyl (C=O) groups is 1. The molecule has 3 rings (SSSR count). The summed E-state index contributed by atoms with van der Waals surface area (Å²) in [5.74, 6) is 1.16. The first kappa shape index (κ1) is 17.6. The number of rotatable bonds is 6. The molecule has 2 aromatic rings. The molecule has 5 heteroatoms. The highest BCUT2D eigenvalue weighted by Crippen LogP contribution is 2.33. The maximum Gasteiger partial charge on any atom is 0.309 e. The number of halogens is 1. The molecule has 0 aliphatic carbocycles. The molecule has 0 saturated carbocycles. The Kier molecular flexibility index (Phi) is 5.49. The van der Waals surface area contributed by atoms with E-state index in [1.807, 2.05) is 42.5 Å². The summed E-state index contributed by atoms with van der Waals surface area (Å²) >= 11 is 6.25. The van der Waals surface area contributed by atoms with Crippen LogP contribution in [0.25, 0.3) is 0 Å². The molecule has 1 fully saturated rings. The van der Waals surface area contributed by atoms with Gasteiger partial charge in [-0.2, -0.15) is 0 Å². The van der Waals surface area contributed by atoms with Crippen molar-refractivity contribution in [1.82, 2.24) is 0 Å². The second-order valence-corrected chi connectivity index (χ2v) is 6.59. The van der Waals surface area contributed by atoms with Gasteiger partial charge in [0.1, 0.15) is 0 Å². The summed E-state index contributed by atoms with van der Waals surface area (Å²) in [6.07, 6.45) is 1.33. The lowest BCUT2D eigenvalue weighted by molar-refractivity contribution is -0.141. The minimum atomic E-state index is -0.187. The van der Waals surface area contributed by atoms with Crippen molar-refractivity contribution in [2.24, 2.45) is 11.8 Å². The van der Waals surface area contributed by atoms with Crippen molar-refractivity contribution in [1.29, 1.82) is 0 Å². The molecule has 2 aromatic carbocycles. The normalized spacial score (nSPS) is 19.6. The number of carbonyl (C=O) groups excluding carboxylic acids is 1. The van der Waals surface area contributed by atoms with E-state index in [2.05, 4.69) is 0 Å². The molecule has 0 N–H and O–H groups in total. The van der Waals surface area contributed by atoms with Crippen LogP contribution in [0.5, 0.6) is 11.5 Å². The molecule has 25 heavy (non-hydrogen) atoms. The molecule has 0 aromatic heterocycles. The monoisotopic (exact) mass is 360 g/mol. The highest BCUT2D eigenvalue weighted by Gasteiger charge is 2.37. The van der Waals surface area contributed by atoms with Crippen molar-refractivity contribution < 1.29 is 19.0 Å². The van der Waals surface area contributed by atoms with E-state index in [1.165, 1.54) is 0 Å². The third-order valence-electron chi connectivity index (χ3n) is 4.65. The first-order valence-corrected chi connectivity index (χ1v) is 8.61. The second-order valence-electron chi connectivity index (χ2n) is 6.19. The molecule has 4 nitrogen and oxygen atoms in total. The molecular formula is C20H21ClO4. The summed E-state index contributed by atoms with van der Waals surface area (Å²) in [4.78, 5) is 12.2. The van der Waals surface area contributed by atoms with Gasteiger partial charge in [-0.1, -0.05) is 35.9 Å². The quantitative estimate of drug-likeness (QED) is 0.732. The lowest BCUT2D eigenvalue weighted by atomic mass is 9.85. The molecule has 0 radical (unpaired) electrons. The van der Waals surface area contributed by atoms with Gasteiger partial charge in [-0.25, -0.2) is 0 Å². The number of methoxy groups -OCH3 is 2. The van der Waals surface area contributed by atoms with E-state index in [9.17, 15) is 4.79 Å². The third kappa shape index (κ3) is 3.90. The van der Waals surface area contributed by atoms with Crippen molar-refractivity contribution in [2.45, 2.75) is 12.8 Å². The van der Waals surface area contributed by atoms with E-state index in [-0.39, 0.29) is 17.8 Å². The van der Waals surface area contributed by atoms with Crippen LogP contribution in [0.15, 0.2) is 42.5 Å². The average molecular weight is 361 g/mol. The van der Waals surface area contributed by atoms with Crippen LogP contribution in [0, 0.1) is 11.8 Å². The van der Waals surface area contributed by atoms with E-state index >= 15 is 0 Å². The van der Waals surface area contributed by atoms with Gasteiger partial charge in [0.25, 0.3) is 0 Å². The third-order valence-corrected chi connectivity index (χ3v) is 5.02. The van der Waals surface area contributed by atoms with Gasteiger partial charge in [0, 0.05) is 10.9 Å². The lowest BCUT2D eigenvalue weighted by Crippen LogP contribution is -2.20. The summed E-state index contributed by atoms with van der Waals surface area (Å²) < 4.78 is 16.0. The molecule has 1 aliphatic rings. The Hall–Kier alpha value is -2.20. The highest BCUT2D eigenvalue weighted by molar-refractivity contribution is 6.31. The van der Waals surface area contributed by atoms with Crippen LogP contribution in [-0.4, -0.2) is 26.8 Å². The number of esters is 1. The van der Waals surface area contributed by atoms with Crippen LogP contribution in [0.3, 0.4) is 0 Å². The summed E-state index contributed by atoms with van der Waals surface area (Å²) in [5.41, 5.74) is 2.07. The molecule has 132 valence electrons. The number of hydrogen-bond donors (Lipinski definition) is 0. The van der Waals surface area contributed by atoms with Crippen molar-refractivity contribution in [2.75, 3.05) is 20.8 Å². The molecular weight excluding hydrogens is 340 g/mol. The molecule has 0 amide bonds. The van der Waals surface area contributed by atoms with Gasteiger partial charge >= 0.3 is 5.97 Å². The van der Waals surface area contributed by atoms with Crippen molar-refractivity contribution in [3.05, 3.63) is 58.6 Å². The van der Waals surface area contributed by atoms with Crippen LogP contribution in [-0.2, 0) is 22.4 Å². The van der Waals surface area contributed by atoms with Crippen molar-refractivity contribution in [3.63, 3.8) is 0 Å². The van der Waals surface area contributed by atoms with Crippen LogP contribution in [0.4, 0.5) is 0 Å². The summed E-state index contributed by atoms with van der Waals surface area (Å²) in [6.45, 7) is 0.433. The van der Waals surface area contributed by atoms with E-state index in [0.29, 0.717) is 29.5 Å². The molecule has 0 spiro atoms. The largest absolute Gasteiger partial charge is 0.493 e. The van der Waals surface area contributed by atoms with Gasteiger partial charge in [-0.05, 0) is 42.2 Å². The zero-order chi connectivity index (χ0) is 17.8. The SMILES string of the molecule is COc1ccc(C[C@H]2COC(=O)[C@@H]2Cc2ccccc2Cl)cc1OC. The van der Waals surface area contributed by atoms with E-state index in [1.54, 1.807) is 14.2 Å². The summed E-state index contributed by atoms with van der Waals surface area (Å²) in [7, 11) is 3.23. The number of hydrogen-bond acceptors (Lipinski definition) is 4. The molecule has 2 atom stereocenters. The van der Waals surface area contributed by atoms with Crippen LogP contribution in [0.1, 0.15) is 11.1 Å². The smallest absolute Gasteiger partial charge is 0.309 e. The first-order chi connectivity index (χ1) is 12.1. The second kappa shape index (κ2) is 7.79. The Balaban J connectivity index is 1.77. The van der Waals surface area contributed by atoms with Gasteiger partial charge in [0.05, 0.1) is 26.7 Å². The van der Waals surface area contributed by atoms with Gasteiger partial charge < -0.3 is 14.2 Å². The minimum Gasteiger partial charge on any atom is -0.493 e.